The normalized spacial score (nSPS) is 37.2. The first-order chi connectivity index (χ1) is 17.9. The highest BCUT2D eigenvalue weighted by molar-refractivity contribution is 5.75. The van der Waals surface area contributed by atoms with Gasteiger partial charge in [0.2, 0.25) is 0 Å². The van der Waals surface area contributed by atoms with E-state index in [2.05, 4.69) is 49.1 Å². The number of rotatable bonds is 3. The number of aromatic nitrogens is 2. The second-order valence-corrected chi connectivity index (χ2v) is 12.7. The zero-order chi connectivity index (χ0) is 25.2. The molecule has 1 aromatic heterocycles. The molecule has 0 amide bonds. The molecular weight excluding hydrogens is 462 g/mol. The van der Waals surface area contributed by atoms with Crippen LogP contribution in [-0.2, 0) is 26.1 Å². The molecule has 6 heteroatoms. The predicted molar refractivity (Wildman–Crippen MR) is 142 cm³/mol. The molecule has 2 aromatic rings. The third kappa shape index (κ3) is 3.85. The molecule has 0 radical (unpaired) electrons. The minimum Gasteiger partial charge on any atom is -0.461 e. The van der Waals surface area contributed by atoms with E-state index in [0.29, 0.717) is 37.5 Å². The number of esters is 1. The number of para-hydroxylation sites is 2. The van der Waals surface area contributed by atoms with Crippen molar-refractivity contribution >= 4 is 17.0 Å². The molecule has 3 fully saturated rings. The van der Waals surface area contributed by atoms with Crippen molar-refractivity contribution in [1.29, 1.82) is 0 Å². The molecule has 1 saturated heterocycles. The lowest BCUT2D eigenvalue weighted by Crippen LogP contribution is -2.51. The van der Waals surface area contributed by atoms with E-state index in [1.54, 1.807) is 5.57 Å². The smallest absolute Gasteiger partial charge is 0.320 e. The average Bonchev–Trinajstić information content (AvgIpc) is 3.19. The lowest BCUT2D eigenvalue weighted by molar-refractivity contribution is -0.153. The Kier molecular flexibility index (Phi) is 5.70. The van der Waals surface area contributed by atoms with Gasteiger partial charge in [0.25, 0.3) is 0 Å². The van der Waals surface area contributed by atoms with Crippen LogP contribution in [0, 0.1) is 23.2 Å². The number of nitrogens with zero attached hydrogens (tertiary/aromatic N) is 3. The molecule has 7 rings (SSSR count). The van der Waals surface area contributed by atoms with Crippen LogP contribution < -0.4 is 0 Å². The van der Waals surface area contributed by atoms with Crippen LogP contribution in [0.15, 0.2) is 35.9 Å². The summed E-state index contributed by atoms with van der Waals surface area (Å²) in [5.41, 5.74) is 6.46. The van der Waals surface area contributed by atoms with Gasteiger partial charge in [0, 0.05) is 24.9 Å². The first-order valence-electron chi connectivity index (χ1n) is 14.4. The topological polar surface area (TPSA) is 64.5 Å². The maximum Gasteiger partial charge on any atom is 0.320 e. The second kappa shape index (κ2) is 8.88. The highest BCUT2D eigenvalue weighted by Crippen LogP contribution is 2.63. The lowest BCUT2D eigenvalue weighted by Gasteiger charge is -2.57. The number of hydrogen-bond acceptors (Lipinski definition) is 6. The van der Waals surface area contributed by atoms with Gasteiger partial charge in [0.05, 0.1) is 42.2 Å². The van der Waals surface area contributed by atoms with Crippen molar-refractivity contribution in [2.45, 2.75) is 70.3 Å². The Morgan fingerprint density at radius 3 is 2.59 bits per heavy atom. The number of carbonyl (C=O) groups is 1. The van der Waals surface area contributed by atoms with E-state index in [1.807, 2.05) is 0 Å². The summed E-state index contributed by atoms with van der Waals surface area (Å²) in [6.07, 6.45) is 10.2. The summed E-state index contributed by atoms with van der Waals surface area (Å²) in [4.78, 5) is 25.1. The molecule has 6 atom stereocenters. The van der Waals surface area contributed by atoms with Gasteiger partial charge < -0.3 is 9.47 Å². The van der Waals surface area contributed by atoms with Crippen molar-refractivity contribution in [3.8, 4) is 0 Å². The number of morpholine rings is 1. The standard InChI is InChI=1S/C31H39N3O3/c1-30-11-9-21(37-28(35)19-34-13-15-36-16-14-34)17-20(30)7-8-22-23(30)10-12-31(2)24(22)18-27-29(31)33-26-6-4-3-5-25(26)32-27/h3-7,21-24H,8-19H2,1-2H3/t21-,22?,23?,24-,30-,31-/m0/s1. The summed E-state index contributed by atoms with van der Waals surface area (Å²) in [5.74, 6) is 1.90. The minimum atomic E-state index is -0.0747. The van der Waals surface area contributed by atoms with Crippen LogP contribution in [0.2, 0.25) is 0 Å². The number of hydrogen-bond donors (Lipinski definition) is 0. The summed E-state index contributed by atoms with van der Waals surface area (Å²) >= 11 is 0. The molecule has 2 unspecified atom stereocenters. The van der Waals surface area contributed by atoms with E-state index < -0.39 is 0 Å². The van der Waals surface area contributed by atoms with Crippen LogP contribution >= 0.6 is 0 Å². The zero-order valence-electron chi connectivity index (χ0n) is 22.2. The lowest BCUT2D eigenvalue weighted by atomic mass is 9.48. The Bertz CT molecular complexity index is 1250. The Labute approximate surface area is 219 Å². The van der Waals surface area contributed by atoms with Crippen LogP contribution in [-0.4, -0.2) is 59.8 Å². The Morgan fingerprint density at radius 1 is 1.03 bits per heavy atom. The van der Waals surface area contributed by atoms with E-state index in [4.69, 9.17) is 19.4 Å². The van der Waals surface area contributed by atoms with Gasteiger partial charge in [-0.2, -0.15) is 0 Å². The summed E-state index contributed by atoms with van der Waals surface area (Å²) in [6, 6.07) is 8.33. The Morgan fingerprint density at radius 2 is 1.78 bits per heavy atom. The summed E-state index contributed by atoms with van der Waals surface area (Å²) in [6.45, 7) is 8.41. The third-order valence-electron chi connectivity index (χ3n) is 10.8. The van der Waals surface area contributed by atoms with Crippen molar-refractivity contribution in [2.75, 3.05) is 32.8 Å². The van der Waals surface area contributed by atoms with E-state index in [0.717, 1.165) is 56.2 Å². The van der Waals surface area contributed by atoms with Gasteiger partial charge >= 0.3 is 5.97 Å². The largest absolute Gasteiger partial charge is 0.461 e. The second-order valence-electron chi connectivity index (χ2n) is 12.7. The fourth-order valence-corrected chi connectivity index (χ4v) is 8.73. The number of fused-ring (bicyclic) bond motifs is 8. The molecule has 0 spiro atoms. The monoisotopic (exact) mass is 501 g/mol. The number of carbonyl (C=O) groups excluding carboxylic acids is 1. The minimum absolute atomic E-state index is 0.0230. The van der Waals surface area contributed by atoms with E-state index in [1.165, 1.54) is 24.2 Å². The van der Waals surface area contributed by atoms with E-state index >= 15 is 0 Å². The molecule has 37 heavy (non-hydrogen) atoms. The SMILES string of the molecule is C[C@]12CC[C@H](OC(=O)CN3CCOCC3)CC1=CCC1C2CC[C@]2(C)c3nc4ccccc4nc3C[C@@H]12. The predicted octanol–water partition coefficient (Wildman–Crippen LogP) is 4.85. The highest BCUT2D eigenvalue weighted by Gasteiger charge is 2.58. The zero-order valence-corrected chi connectivity index (χ0v) is 22.2. The summed E-state index contributed by atoms with van der Waals surface area (Å²) in [7, 11) is 0. The fraction of sp³-hybridized carbons (Fsp3) is 0.645. The average molecular weight is 502 g/mol. The first-order valence-corrected chi connectivity index (χ1v) is 14.4. The first kappa shape index (κ1) is 23.8. The molecule has 2 saturated carbocycles. The van der Waals surface area contributed by atoms with Crippen LogP contribution in [0.1, 0.15) is 63.8 Å². The molecule has 1 aromatic carbocycles. The maximum atomic E-state index is 12.7. The van der Waals surface area contributed by atoms with Gasteiger partial charge in [-0.25, -0.2) is 9.97 Å². The molecule has 4 aliphatic carbocycles. The van der Waals surface area contributed by atoms with E-state index in [-0.39, 0.29) is 22.9 Å². The van der Waals surface area contributed by atoms with Crippen LogP contribution in [0.3, 0.4) is 0 Å². The van der Waals surface area contributed by atoms with Gasteiger partial charge in [-0.15, -0.1) is 0 Å². The van der Waals surface area contributed by atoms with Crippen molar-refractivity contribution in [3.05, 3.63) is 47.3 Å². The van der Waals surface area contributed by atoms with Crippen molar-refractivity contribution < 1.29 is 14.3 Å². The fourth-order valence-electron chi connectivity index (χ4n) is 8.73. The summed E-state index contributed by atoms with van der Waals surface area (Å²) < 4.78 is 11.4. The Hall–Kier alpha value is -2.31. The van der Waals surface area contributed by atoms with Crippen LogP contribution in [0.25, 0.3) is 11.0 Å². The Balaban J connectivity index is 1.08. The van der Waals surface area contributed by atoms with Crippen molar-refractivity contribution in [3.63, 3.8) is 0 Å². The van der Waals surface area contributed by atoms with Crippen LogP contribution in [0.4, 0.5) is 0 Å². The van der Waals surface area contributed by atoms with Crippen molar-refractivity contribution in [2.24, 2.45) is 23.2 Å². The highest BCUT2D eigenvalue weighted by atomic mass is 16.5. The van der Waals surface area contributed by atoms with Gasteiger partial charge in [-0.1, -0.05) is 37.6 Å². The summed E-state index contributed by atoms with van der Waals surface area (Å²) in [5, 5.41) is 0. The molecule has 0 N–H and O–H groups in total. The molecule has 1 aliphatic heterocycles. The van der Waals surface area contributed by atoms with Gasteiger partial charge in [-0.3, -0.25) is 9.69 Å². The molecule has 0 bridgehead atoms. The quantitative estimate of drug-likeness (QED) is 0.443. The number of benzene rings is 1. The molecule has 5 aliphatic rings. The third-order valence-corrected chi connectivity index (χ3v) is 10.8. The van der Waals surface area contributed by atoms with E-state index in [9.17, 15) is 4.79 Å². The molecular formula is C31H39N3O3. The van der Waals surface area contributed by atoms with Gasteiger partial charge in [0.15, 0.2) is 0 Å². The maximum absolute atomic E-state index is 12.7. The number of ether oxygens (including phenoxy) is 2. The molecule has 2 heterocycles. The molecule has 196 valence electrons. The number of allylic oxidation sites excluding steroid dienone is 1. The van der Waals surface area contributed by atoms with Crippen LogP contribution in [0.5, 0.6) is 0 Å². The van der Waals surface area contributed by atoms with Crippen molar-refractivity contribution in [1.82, 2.24) is 14.9 Å². The molecule has 6 nitrogen and oxygen atoms in total. The van der Waals surface area contributed by atoms with Gasteiger partial charge in [0.1, 0.15) is 6.10 Å². The van der Waals surface area contributed by atoms with Gasteiger partial charge in [-0.05, 0) is 73.8 Å².